The number of aliphatic hydroxyl groups is 1. The van der Waals surface area contributed by atoms with E-state index < -0.39 is 6.10 Å². The van der Waals surface area contributed by atoms with Crippen LogP contribution < -0.4 is 0 Å². The summed E-state index contributed by atoms with van der Waals surface area (Å²) in [5, 5.41) is 26.8. The smallest absolute Gasteiger partial charge is 0.0899 e. The standard InChI is InChI=1S/C38H24O/c39-38-34(32-13-10-24-9-8-22-6-3-7-23-11-14-33(32)37(24)36(22)23)15-12-27-18-30-19-28-16-25-4-1-2-5-26(25)17-29(28)20-31(30)21-35(27)38/h1-21,34,38-39H. The van der Waals surface area contributed by atoms with Crippen molar-refractivity contribution in [3.05, 3.63) is 138 Å². The average molecular weight is 497 g/mol. The van der Waals surface area contributed by atoms with Gasteiger partial charge in [0.05, 0.1) is 6.10 Å². The van der Waals surface area contributed by atoms with E-state index in [4.69, 9.17) is 0 Å². The summed E-state index contributed by atoms with van der Waals surface area (Å²) in [5.41, 5.74) is 3.28. The average Bonchev–Trinajstić information content (AvgIpc) is 2.97. The third-order valence-corrected chi connectivity index (χ3v) is 8.93. The fourth-order valence-electron chi connectivity index (χ4n) is 7.01. The van der Waals surface area contributed by atoms with Crippen LogP contribution >= 0.6 is 0 Å². The number of hydrogen-bond acceptors (Lipinski definition) is 1. The molecular weight excluding hydrogens is 472 g/mol. The Morgan fingerprint density at radius 2 is 1.00 bits per heavy atom. The Kier molecular flexibility index (Phi) is 4.17. The van der Waals surface area contributed by atoms with Crippen LogP contribution in [0, 0.1) is 0 Å². The molecule has 9 rings (SSSR count). The highest BCUT2D eigenvalue weighted by molar-refractivity contribution is 6.23. The van der Waals surface area contributed by atoms with Crippen LogP contribution in [0.1, 0.15) is 28.7 Å². The van der Waals surface area contributed by atoms with E-state index in [9.17, 15) is 5.11 Å². The highest BCUT2D eigenvalue weighted by Gasteiger charge is 2.28. The summed E-state index contributed by atoms with van der Waals surface area (Å²) in [5.74, 6) is -0.107. The van der Waals surface area contributed by atoms with E-state index >= 15 is 0 Å². The van der Waals surface area contributed by atoms with Gasteiger partial charge in [0, 0.05) is 5.92 Å². The van der Waals surface area contributed by atoms with Gasteiger partial charge in [-0.25, -0.2) is 0 Å². The van der Waals surface area contributed by atoms with Crippen molar-refractivity contribution in [2.24, 2.45) is 0 Å². The van der Waals surface area contributed by atoms with Gasteiger partial charge in [-0.1, -0.05) is 91.0 Å². The first-order chi connectivity index (χ1) is 19.2. The lowest BCUT2D eigenvalue weighted by Crippen LogP contribution is -2.14. The SMILES string of the molecule is OC1c2cc3cc4cc5ccccc5cc4cc3cc2C=CC1c1ccc2ccc3cccc4ccc1c2c34. The van der Waals surface area contributed by atoms with Gasteiger partial charge in [0.1, 0.15) is 0 Å². The normalized spacial score (nSPS) is 17.3. The Labute approximate surface area is 225 Å². The van der Waals surface area contributed by atoms with E-state index in [1.165, 1.54) is 70.2 Å². The number of aliphatic hydroxyl groups excluding tert-OH is 1. The molecule has 0 spiro atoms. The predicted octanol–water partition coefficient (Wildman–Crippen LogP) is 9.89. The van der Waals surface area contributed by atoms with E-state index in [1.807, 2.05) is 0 Å². The van der Waals surface area contributed by atoms with Crippen LogP contribution in [0.5, 0.6) is 0 Å². The molecule has 0 amide bonds. The summed E-state index contributed by atoms with van der Waals surface area (Å²) >= 11 is 0. The van der Waals surface area contributed by atoms with Gasteiger partial charge in [0.15, 0.2) is 0 Å². The maximum atomic E-state index is 11.8. The van der Waals surface area contributed by atoms with Gasteiger partial charge in [-0.2, -0.15) is 0 Å². The van der Waals surface area contributed by atoms with Crippen molar-refractivity contribution in [3.8, 4) is 0 Å². The molecule has 0 heterocycles. The molecule has 8 aromatic rings. The van der Waals surface area contributed by atoms with Crippen molar-refractivity contribution in [2.45, 2.75) is 12.0 Å². The molecule has 0 radical (unpaired) electrons. The number of benzene rings is 8. The minimum Gasteiger partial charge on any atom is -0.387 e. The van der Waals surface area contributed by atoms with Crippen molar-refractivity contribution in [2.75, 3.05) is 0 Å². The van der Waals surface area contributed by atoms with E-state index in [0.29, 0.717) is 0 Å². The van der Waals surface area contributed by atoms with E-state index in [1.54, 1.807) is 0 Å². The van der Waals surface area contributed by atoms with Gasteiger partial charge in [-0.15, -0.1) is 0 Å². The molecule has 0 saturated carbocycles. The number of fused-ring (bicyclic) bond motifs is 4. The molecule has 1 heteroatoms. The molecule has 2 unspecified atom stereocenters. The molecule has 0 bridgehead atoms. The van der Waals surface area contributed by atoms with Crippen LogP contribution in [0.25, 0.3) is 70.7 Å². The Morgan fingerprint density at radius 1 is 0.436 bits per heavy atom. The van der Waals surface area contributed by atoms with Crippen molar-refractivity contribution in [1.82, 2.24) is 0 Å². The summed E-state index contributed by atoms with van der Waals surface area (Å²) in [7, 11) is 0. The second-order valence-corrected chi connectivity index (χ2v) is 11.1. The molecule has 0 aromatic heterocycles. The van der Waals surface area contributed by atoms with Crippen LogP contribution in [-0.2, 0) is 0 Å². The Morgan fingerprint density at radius 3 is 1.74 bits per heavy atom. The molecule has 1 aliphatic rings. The van der Waals surface area contributed by atoms with Gasteiger partial charge in [-0.3, -0.25) is 0 Å². The zero-order valence-electron chi connectivity index (χ0n) is 21.2. The summed E-state index contributed by atoms with van der Waals surface area (Å²) in [6, 6.07) is 41.9. The first-order valence-electron chi connectivity index (χ1n) is 13.6. The maximum Gasteiger partial charge on any atom is 0.0899 e. The van der Waals surface area contributed by atoms with Crippen molar-refractivity contribution < 1.29 is 5.11 Å². The third kappa shape index (κ3) is 2.99. The van der Waals surface area contributed by atoms with E-state index in [-0.39, 0.29) is 5.92 Å². The number of rotatable bonds is 1. The molecule has 1 N–H and O–H groups in total. The Hall–Kier alpha value is -4.72. The first-order valence-corrected chi connectivity index (χ1v) is 13.6. The lowest BCUT2D eigenvalue weighted by atomic mass is 9.79. The van der Waals surface area contributed by atoms with Crippen LogP contribution in [0.2, 0.25) is 0 Å². The van der Waals surface area contributed by atoms with E-state index in [0.717, 1.165) is 11.1 Å². The molecule has 2 atom stereocenters. The molecule has 182 valence electrons. The molecule has 1 aliphatic carbocycles. The Balaban J connectivity index is 1.22. The summed E-state index contributed by atoms with van der Waals surface area (Å²) in [6.45, 7) is 0. The second kappa shape index (κ2) is 7.66. The summed E-state index contributed by atoms with van der Waals surface area (Å²) in [6.07, 6.45) is 3.79. The second-order valence-electron chi connectivity index (χ2n) is 11.1. The lowest BCUT2D eigenvalue weighted by Gasteiger charge is -2.28. The van der Waals surface area contributed by atoms with Gasteiger partial charge in [-0.05, 0) is 118 Å². The minimum absolute atomic E-state index is 0.107. The fraction of sp³-hybridized carbons (Fsp3) is 0.0526. The number of hydrogen-bond donors (Lipinski definition) is 1. The van der Waals surface area contributed by atoms with Gasteiger partial charge in [0.2, 0.25) is 0 Å². The summed E-state index contributed by atoms with van der Waals surface area (Å²) < 4.78 is 0. The van der Waals surface area contributed by atoms with Crippen molar-refractivity contribution >= 4 is 70.7 Å². The zero-order chi connectivity index (χ0) is 25.7. The molecular formula is C38H24O. The van der Waals surface area contributed by atoms with Crippen LogP contribution in [-0.4, -0.2) is 5.11 Å². The molecule has 0 fully saturated rings. The molecule has 0 saturated heterocycles. The van der Waals surface area contributed by atoms with Crippen LogP contribution in [0.15, 0.2) is 121 Å². The monoisotopic (exact) mass is 496 g/mol. The van der Waals surface area contributed by atoms with Gasteiger partial charge < -0.3 is 5.11 Å². The highest BCUT2D eigenvalue weighted by Crippen LogP contribution is 2.45. The minimum atomic E-state index is -0.611. The fourth-order valence-corrected chi connectivity index (χ4v) is 7.01. The van der Waals surface area contributed by atoms with Crippen molar-refractivity contribution in [1.29, 1.82) is 0 Å². The highest BCUT2D eigenvalue weighted by atomic mass is 16.3. The van der Waals surface area contributed by atoms with Crippen molar-refractivity contribution in [3.63, 3.8) is 0 Å². The quantitative estimate of drug-likeness (QED) is 0.177. The van der Waals surface area contributed by atoms with Crippen LogP contribution in [0.3, 0.4) is 0 Å². The van der Waals surface area contributed by atoms with Gasteiger partial charge in [0.25, 0.3) is 0 Å². The largest absolute Gasteiger partial charge is 0.387 e. The van der Waals surface area contributed by atoms with Crippen LogP contribution in [0.4, 0.5) is 0 Å². The lowest BCUT2D eigenvalue weighted by molar-refractivity contribution is 0.161. The van der Waals surface area contributed by atoms with Gasteiger partial charge >= 0.3 is 0 Å². The molecule has 0 aliphatic heterocycles. The first kappa shape index (κ1) is 21.2. The third-order valence-electron chi connectivity index (χ3n) is 8.93. The molecule has 1 nitrogen and oxygen atoms in total. The Bertz CT molecular complexity index is 2290. The van der Waals surface area contributed by atoms with E-state index in [2.05, 4.69) is 127 Å². The molecule has 39 heavy (non-hydrogen) atoms. The zero-order valence-corrected chi connectivity index (χ0v) is 21.2. The summed E-state index contributed by atoms with van der Waals surface area (Å²) in [4.78, 5) is 0. The predicted molar refractivity (Wildman–Crippen MR) is 166 cm³/mol. The maximum absolute atomic E-state index is 11.8. The molecule has 8 aromatic carbocycles. The topological polar surface area (TPSA) is 20.2 Å².